The number of nitrogens with zero attached hydrogens (tertiary/aromatic N) is 2. The molecule has 0 unspecified atom stereocenters. The van der Waals surface area contributed by atoms with E-state index in [0.29, 0.717) is 11.1 Å². The van der Waals surface area contributed by atoms with Crippen LogP contribution in [0.5, 0.6) is 0 Å². The molecule has 1 N–H and O–H groups in total. The molecule has 130 valence electrons. The number of aromatic nitrogens is 2. The molecule has 1 amide bonds. The van der Waals surface area contributed by atoms with Crippen molar-refractivity contribution in [1.29, 1.82) is 0 Å². The fourth-order valence-electron chi connectivity index (χ4n) is 2.91. The molecule has 0 saturated heterocycles. The van der Waals surface area contributed by atoms with Gasteiger partial charge >= 0.3 is 0 Å². The van der Waals surface area contributed by atoms with Gasteiger partial charge in [-0.2, -0.15) is 5.10 Å². The molecule has 24 heavy (non-hydrogen) atoms. The van der Waals surface area contributed by atoms with Crippen LogP contribution in [0.1, 0.15) is 45.8 Å². The van der Waals surface area contributed by atoms with Crippen LogP contribution < -0.4 is 5.32 Å². The van der Waals surface area contributed by atoms with Gasteiger partial charge in [0.25, 0.3) is 5.91 Å². The third kappa shape index (κ3) is 3.51. The molecule has 0 aliphatic rings. The van der Waals surface area contributed by atoms with Crippen LogP contribution in [0.25, 0.3) is 0 Å². The average molecular weight is 349 g/mol. The first-order valence-corrected chi connectivity index (χ1v) is 9.53. The first-order valence-electron chi connectivity index (χ1n) is 7.64. The summed E-state index contributed by atoms with van der Waals surface area (Å²) in [4.78, 5) is 12.7. The standard InChI is InChI=1S/C17H23N3O3S/c1-10-7-8-14(9-15(10)24(6,22)23)17(21)18-11(2)16-12(3)19-20(5)13(16)4/h7-9,11H,1-6H3,(H,18,21)/t11-/m0/s1. The molecule has 0 aliphatic heterocycles. The number of aryl methyl sites for hydroxylation is 3. The Kier molecular flexibility index (Phi) is 4.85. The number of hydrogen-bond acceptors (Lipinski definition) is 4. The number of benzene rings is 1. The molecule has 1 aromatic carbocycles. The average Bonchev–Trinajstić information content (AvgIpc) is 2.71. The van der Waals surface area contributed by atoms with Gasteiger partial charge in [-0.15, -0.1) is 0 Å². The highest BCUT2D eigenvalue weighted by atomic mass is 32.2. The van der Waals surface area contributed by atoms with Crippen LogP contribution in [0, 0.1) is 20.8 Å². The van der Waals surface area contributed by atoms with Crippen molar-refractivity contribution in [1.82, 2.24) is 15.1 Å². The van der Waals surface area contributed by atoms with Gasteiger partial charge < -0.3 is 5.32 Å². The van der Waals surface area contributed by atoms with Crippen LogP contribution in [0.2, 0.25) is 0 Å². The van der Waals surface area contributed by atoms with E-state index < -0.39 is 9.84 Å². The summed E-state index contributed by atoms with van der Waals surface area (Å²) < 4.78 is 25.4. The minimum absolute atomic E-state index is 0.177. The Bertz CT molecular complexity index is 898. The van der Waals surface area contributed by atoms with E-state index in [4.69, 9.17) is 0 Å². The number of amides is 1. The van der Waals surface area contributed by atoms with Crippen molar-refractivity contribution in [2.24, 2.45) is 7.05 Å². The fraction of sp³-hybridized carbons (Fsp3) is 0.412. The maximum absolute atomic E-state index is 12.5. The van der Waals surface area contributed by atoms with Gasteiger partial charge in [0.15, 0.2) is 9.84 Å². The SMILES string of the molecule is Cc1ccc(C(=O)N[C@@H](C)c2c(C)nn(C)c2C)cc1S(C)(=O)=O. The van der Waals surface area contributed by atoms with Crippen molar-refractivity contribution in [3.8, 4) is 0 Å². The lowest BCUT2D eigenvalue weighted by atomic mass is 10.1. The molecule has 1 heterocycles. The van der Waals surface area contributed by atoms with Crippen LogP contribution in [0.3, 0.4) is 0 Å². The zero-order chi connectivity index (χ0) is 18.2. The van der Waals surface area contributed by atoms with Gasteiger partial charge in [-0.25, -0.2) is 8.42 Å². The quantitative estimate of drug-likeness (QED) is 0.918. The molecule has 0 saturated carbocycles. The van der Waals surface area contributed by atoms with E-state index in [1.807, 2.05) is 27.8 Å². The van der Waals surface area contributed by atoms with Crippen molar-refractivity contribution in [2.75, 3.05) is 6.26 Å². The van der Waals surface area contributed by atoms with E-state index in [9.17, 15) is 13.2 Å². The lowest BCUT2D eigenvalue weighted by molar-refractivity contribution is 0.0939. The summed E-state index contributed by atoms with van der Waals surface area (Å²) in [6.07, 6.45) is 1.14. The molecular formula is C17H23N3O3S. The Hall–Kier alpha value is -2.15. The van der Waals surface area contributed by atoms with Gasteiger partial charge in [-0.05, 0) is 45.4 Å². The molecule has 7 heteroatoms. The van der Waals surface area contributed by atoms with Gasteiger partial charge in [0.2, 0.25) is 0 Å². The van der Waals surface area contributed by atoms with Crippen LogP contribution in [-0.2, 0) is 16.9 Å². The van der Waals surface area contributed by atoms with E-state index in [2.05, 4.69) is 10.4 Å². The summed E-state index contributed by atoms with van der Waals surface area (Å²) in [5.74, 6) is -0.310. The topological polar surface area (TPSA) is 81.1 Å². The molecule has 0 bridgehead atoms. The number of rotatable bonds is 4. The lowest BCUT2D eigenvalue weighted by Gasteiger charge is -2.15. The summed E-state index contributed by atoms with van der Waals surface area (Å²) >= 11 is 0. The van der Waals surface area contributed by atoms with Crippen molar-refractivity contribution in [2.45, 2.75) is 38.6 Å². The molecule has 0 spiro atoms. The number of carbonyl (C=O) groups is 1. The van der Waals surface area contributed by atoms with Crippen molar-refractivity contribution >= 4 is 15.7 Å². The van der Waals surface area contributed by atoms with Crippen molar-refractivity contribution in [3.63, 3.8) is 0 Å². The monoisotopic (exact) mass is 349 g/mol. The van der Waals surface area contributed by atoms with E-state index in [0.717, 1.165) is 23.2 Å². The maximum atomic E-state index is 12.5. The molecule has 6 nitrogen and oxygen atoms in total. The Labute approximate surface area is 142 Å². The number of carbonyl (C=O) groups excluding carboxylic acids is 1. The summed E-state index contributed by atoms with van der Waals surface area (Å²) in [5.41, 5.74) is 3.78. The molecule has 1 atom stereocenters. The second-order valence-electron chi connectivity index (χ2n) is 6.16. The molecular weight excluding hydrogens is 326 g/mol. The predicted octanol–water partition coefficient (Wildman–Crippen LogP) is 2.24. The van der Waals surface area contributed by atoms with Crippen molar-refractivity contribution < 1.29 is 13.2 Å². The van der Waals surface area contributed by atoms with Crippen molar-refractivity contribution in [3.05, 3.63) is 46.3 Å². The highest BCUT2D eigenvalue weighted by Gasteiger charge is 2.20. The molecule has 1 aromatic heterocycles. The molecule has 0 fully saturated rings. The highest BCUT2D eigenvalue weighted by molar-refractivity contribution is 7.90. The second kappa shape index (κ2) is 6.39. The second-order valence-corrected chi connectivity index (χ2v) is 8.14. The zero-order valence-corrected chi connectivity index (χ0v) is 15.7. The van der Waals surface area contributed by atoms with E-state index in [-0.39, 0.29) is 16.8 Å². The number of hydrogen-bond donors (Lipinski definition) is 1. The van der Waals surface area contributed by atoms with Crippen LogP contribution in [-0.4, -0.2) is 30.4 Å². The van der Waals surface area contributed by atoms with Crippen LogP contribution in [0.15, 0.2) is 23.1 Å². The Morgan fingerprint density at radius 3 is 2.38 bits per heavy atom. The van der Waals surface area contributed by atoms with Crippen LogP contribution >= 0.6 is 0 Å². The van der Waals surface area contributed by atoms with Gasteiger partial charge in [-0.1, -0.05) is 6.07 Å². The van der Waals surface area contributed by atoms with Gasteiger partial charge in [-0.3, -0.25) is 9.48 Å². The Morgan fingerprint density at radius 2 is 1.88 bits per heavy atom. The number of sulfone groups is 1. The van der Waals surface area contributed by atoms with Gasteiger partial charge in [0, 0.05) is 30.1 Å². The lowest BCUT2D eigenvalue weighted by Crippen LogP contribution is -2.27. The normalized spacial score (nSPS) is 12.9. The van der Waals surface area contributed by atoms with Gasteiger partial charge in [0.05, 0.1) is 16.6 Å². The minimum atomic E-state index is -3.37. The number of nitrogens with one attached hydrogen (secondary N) is 1. The van der Waals surface area contributed by atoms with E-state index in [1.54, 1.807) is 23.7 Å². The zero-order valence-electron chi connectivity index (χ0n) is 14.8. The Balaban J connectivity index is 2.30. The Morgan fingerprint density at radius 1 is 1.25 bits per heavy atom. The van der Waals surface area contributed by atoms with Crippen LogP contribution in [0.4, 0.5) is 0 Å². The summed E-state index contributed by atoms with van der Waals surface area (Å²) in [6, 6.07) is 4.48. The molecule has 2 aromatic rings. The minimum Gasteiger partial charge on any atom is -0.345 e. The van der Waals surface area contributed by atoms with E-state index in [1.165, 1.54) is 6.07 Å². The summed E-state index contributed by atoms with van der Waals surface area (Å²) in [6.45, 7) is 7.45. The van der Waals surface area contributed by atoms with E-state index >= 15 is 0 Å². The summed E-state index contributed by atoms with van der Waals surface area (Å²) in [5, 5.41) is 7.27. The summed E-state index contributed by atoms with van der Waals surface area (Å²) in [7, 11) is -1.51. The predicted molar refractivity (Wildman–Crippen MR) is 92.9 cm³/mol. The fourth-order valence-corrected chi connectivity index (χ4v) is 3.90. The third-order valence-corrected chi connectivity index (χ3v) is 5.43. The third-order valence-electron chi connectivity index (χ3n) is 4.20. The molecule has 0 radical (unpaired) electrons. The van der Waals surface area contributed by atoms with Gasteiger partial charge in [0.1, 0.15) is 0 Å². The maximum Gasteiger partial charge on any atom is 0.251 e. The smallest absolute Gasteiger partial charge is 0.251 e. The highest BCUT2D eigenvalue weighted by Crippen LogP contribution is 2.22. The largest absolute Gasteiger partial charge is 0.345 e. The first-order chi connectivity index (χ1) is 11.0. The molecule has 0 aliphatic carbocycles. The first kappa shape index (κ1) is 18.2. The molecule has 2 rings (SSSR count).